The molecule has 1 aromatic heterocycles. The fourth-order valence-electron chi connectivity index (χ4n) is 2.18. The third-order valence-electron chi connectivity index (χ3n) is 3.12. The molecule has 0 bridgehead atoms. The van der Waals surface area contributed by atoms with Gasteiger partial charge >= 0.3 is 5.69 Å². The van der Waals surface area contributed by atoms with Crippen molar-refractivity contribution in [2.45, 2.75) is 6.54 Å². The summed E-state index contributed by atoms with van der Waals surface area (Å²) in [5.74, 6) is 0.249. The van der Waals surface area contributed by atoms with E-state index >= 15 is 0 Å². The molecule has 19 heavy (non-hydrogen) atoms. The molecule has 2 aromatic carbocycles. The van der Waals surface area contributed by atoms with Gasteiger partial charge in [-0.25, -0.2) is 4.79 Å². The smallest absolute Gasteiger partial charge is 0.349 e. The number of rotatable bonds is 2. The summed E-state index contributed by atoms with van der Waals surface area (Å²) in [5.41, 5.74) is 6.25. The van der Waals surface area contributed by atoms with Gasteiger partial charge < -0.3 is 5.73 Å². The lowest BCUT2D eigenvalue weighted by Gasteiger charge is -2.08. The molecule has 0 unspecified atom stereocenters. The zero-order chi connectivity index (χ0) is 13.2. The maximum Gasteiger partial charge on any atom is 0.349 e. The van der Waals surface area contributed by atoms with E-state index in [2.05, 4.69) is 23.2 Å². The first-order valence-corrected chi connectivity index (χ1v) is 6.03. The van der Waals surface area contributed by atoms with Crippen LogP contribution in [0.2, 0.25) is 0 Å². The Bertz CT molecular complexity index is 787. The van der Waals surface area contributed by atoms with E-state index in [0.29, 0.717) is 6.54 Å². The summed E-state index contributed by atoms with van der Waals surface area (Å²) in [5, 5.41) is 2.31. The maximum atomic E-state index is 11.8. The van der Waals surface area contributed by atoms with Crippen LogP contribution in [-0.4, -0.2) is 9.55 Å². The van der Waals surface area contributed by atoms with E-state index in [0.717, 1.165) is 16.3 Å². The zero-order valence-corrected chi connectivity index (χ0v) is 10.3. The number of hydrogen-bond donors (Lipinski definition) is 1. The van der Waals surface area contributed by atoms with Crippen LogP contribution in [0.3, 0.4) is 0 Å². The van der Waals surface area contributed by atoms with Crippen LogP contribution in [0.15, 0.2) is 59.5 Å². The summed E-state index contributed by atoms with van der Waals surface area (Å²) in [7, 11) is 0. The fraction of sp³-hybridized carbons (Fsp3) is 0.0667. The van der Waals surface area contributed by atoms with Gasteiger partial charge in [0.25, 0.3) is 0 Å². The molecule has 0 aliphatic heterocycles. The Labute approximate surface area is 110 Å². The number of benzene rings is 2. The number of nitrogens with zero attached hydrogens (tertiary/aromatic N) is 2. The summed E-state index contributed by atoms with van der Waals surface area (Å²) in [6.45, 7) is 0.494. The molecule has 0 aliphatic carbocycles. The van der Waals surface area contributed by atoms with Gasteiger partial charge in [-0.05, 0) is 22.4 Å². The van der Waals surface area contributed by atoms with Crippen molar-refractivity contribution in [2.24, 2.45) is 0 Å². The Morgan fingerprint density at radius 3 is 2.68 bits per heavy atom. The molecule has 0 radical (unpaired) electrons. The van der Waals surface area contributed by atoms with Crippen molar-refractivity contribution < 1.29 is 0 Å². The Balaban J connectivity index is 2.08. The molecular formula is C15H13N3O. The molecule has 4 nitrogen and oxygen atoms in total. The van der Waals surface area contributed by atoms with Gasteiger partial charge in [0.05, 0.1) is 6.54 Å². The van der Waals surface area contributed by atoms with Crippen molar-refractivity contribution in [1.82, 2.24) is 9.55 Å². The number of fused-ring (bicyclic) bond motifs is 1. The van der Waals surface area contributed by atoms with Crippen LogP contribution in [0, 0.1) is 0 Å². The summed E-state index contributed by atoms with van der Waals surface area (Å²) in [4.78, 5) is 15.5. The highest BCUT2D eigenvalue weighted by Gasteiger charge is 2.03. The van der Waals surface area contributed by atoms with Crippen molar-refractivity contribution in [3.05, 3.63) is 70.8 Å². The molecule has 4 heteroatoms. The van der Waals surface area contributed by atoms with Gasteiger partial charge in [-0.15, -0.1) is 0 Å². The molecule has 2 N–H and O–H groups in total. The second kappa shape index (κ2) is 4.57. The van der Waals surface area contributed by atoms with E-state index in [-0.39, 0.29) is 11.5 Å². The molecule has 0 spiro atoms. The van der Waals surface area contributed by atoms with E-state index in [4.69, 9.17) is 5.73 Å². The third-order valence-corrected chi connectivity index (χ3v) is 3.12. The van der Waals surface area contributed by atoms with Gasteiger partial charge in [-0.3, -0.25) is 4.57 Å². The van der Waals surface area contributed by atoms with Gasteiger partial charge in [0.1, 0.15) is 5.82 Å². The predicted octanol–water partition coefficient (Wildman–Crippen LogP) is 2.03. The van der Waals surface area contributed by atoms with Crippen LogP contribution in [0.25, 0.3) is 10.8 Å². The molecule has 0 amide bonds. The normalized spacial score (nSPS) is 10.7. The number of nitrogens with two attached hydrogens (primary N) is 1. The van der Waals surface area contributed by atoms with Crippen LogP contribution >= 0.6 is 0 Å². The summed E-state index contributed by atoms with van der Waals surface area (Å²) >= 11 is 0. The number of anilines is 1. The topological polar surface area (TPSA) is 60.9 Å². The minimum absolute atomic E-state index is 0.249. The number of aromatic nitrogens is 2. The molecule has 0 saturated carbocycles. The van der Waals surface area contributed by atoms with Crippen molar-refractivity contribution in [2.75, 3.05) is 5.73 Å². The highest BCUT2D eigenvalue weighted by atomic mass is 16.1. The second-order valence-electron chi connectivity index (χ2n) is 4.40. The lowest BCUT2D eigenvalue weighted by Crippen LogP contribution is -2.23. The summed E-state index contributed by atoms with van der Waals surface area (Å²) in [6, 6.07) is 15.8. The molecule has 0 atom stereocenters. The van der Waals surface area contributed by atoms with Gasteiger partial charge in [-0.1, -0.05) is 42.5 Å². The average molecular weight is 251 g/mol. The highest BCUT2D eigenvalue weighted by molar-refractivity contribution is 5.85. The van der Waals surface area contributed by atoms with Gasteiger partial charge in [0.2, 0.25) is 0 Å². The zero-order valence-electron chi connectivity index (χ0n) is 10.3. The van der Waals surface area contributed by atoms with E-state index in [1.165, 1.54) is 0 Å². The van der Waals surface area contributed by atoms with E-state index in [1.807, 2.05) is 24.3 Å². The van der Waals surface area contributed by atoms with Crippen LogP contribution in [0.1, 0.15) is 5.56 Å². The molecule has 94 valence electrons. The Morgan fingerprint density at radius 1 is 1.05 bits per heavy atom. The van der Waals surface area contributed by atoms with E-state index in [9.17, 15) is 4.79 Å². The first kappa shape index (κ1) is 11.5. The molecule has 3 aromatic rings. The quantitative estimate of drug-likeness (QED) is 0.758. The van der Waals surface area contributed by atoms with Crippen LogP contribution in [-0.2, 0) is 6.54 Å². The van der Waals surface area contributed by atoms with E-state index in [1.54, 1.807) is 16.8 Å². The minimum atomic E-state index is -0.326. The molecule has 3 rings (SSSR count). The molecule has 0 saturated heterocycles. The largest absolute Gasteiger partial charge is 0.383 e. The highest BCUT2D eigenvalue weighted by Crippen LogP contribution is 2.18. The lowest BCUT2D eigenvalue weighted by atomic mass is 10.0. The van der Waals surface area contributed by atoms with Crippen molar-refractivity contribution in [1.29, 1.82) is 0 Å². The predicted molar refractivity (Wildman–Crippen MR) is 76.0 cm³/mol. The SMILES string of the molecule is Nc1ccn(Cc2cccc3ccccc23)c(=O)n1. The average Bonchev–Trinajstić information content (AvgIpc) is 2.42. The first-order valence-electron chi connectivity index (χ1n) is 6.03. The van der Waals surface area contributed by atoms with Crippen molar-refractivity contribution in [3.8, 4) is 0 Å². The number of nitrogen functional groups attached to an aromatic ring is 1. The Kier molecular flexibility index (Phi) is 2.76. The van der Waals surface area contributed by atoms with Crippen LogP contribution in [0.4, 0.5) is 5.82 Å². The Hall–Kier alpha value is -2.62. The standard InChI is InChI=1S/C15H13N3O/c16-14-8-9-18(15(19)17-14)10-12-6-3-5-11-4-1-2-7-13(11)12/h1-9H,10H2,(H2,16,17,19). The summed E-state index contributed by atoms with van der Waals surface area (Å²) in [6.07, 6.45) is 1.67. The van der Waals surface area contributed by atoms with Gasteiger partial charge in [-0.2, -0.15) is 4.98 Å². The third kappa shape index (κ3) is 2.20. The monoisotopic (exact) mass is 251 g/mol. The second-order valence-corrected chi connectivity index (χ2v) is 4.40. The molecule has 0 fully saturated rings. The molecule has 1 heterocycles. The summed E-state index contributed by atoms with van der Waals surface area (Å²) < 4.78 is 1.55. The van der Waals surface area contributed by atoms with Crippen LogP contribution < -0.4 is 11.4 Å². The minimum Gasteiger partial charge on any atom is -0.383 e. The fourth-order valence-corrected chi connectivity index (χ4v) is 2.18. The van der Waals surface area contributed by atoms with E-state index < -0.39 is 0 Å². The Morgan fingerprint density at radius 2 is 1.84 bits per heavy atom. The molecule has 0 aliphatic rings. The first-order chi connectivity index (χ1) is 9.24. The number of hydrogen-bond acceptors (Lipinski definition) is 3. The van der Waals surface area contributed by atoms with Gasteiger partial charge in [0, 0.05) is 6.20 Å². The van der Waals surface area contributed by atoms with Crippen molar-refractivity contribution in [3.63, 3.8) is 0 Å². The van der Waals surface area contributed by atoms with Crippen LogP contribution in [0.5, 0.6) is 0 Å². The molecular weight excluding hydrogens is 238 g/mol. The van der Waals surface area contributed by atoms with Crippen molar-refractivity contribution >= 4 is 16.6 Å². The maximum absolute atomic E-state index is 11.8. The van der Waals surface area contributed by atoms with Gasteiger partial charge in [0.15, 0.2) is 0 Å². The lowest BCUT2D eigenvalue weighted by molar-refractivity contribution is 0.733.